The molecule has 0 aromatic carbocycles. The Morgan fingerprint density at radius 3 is 2.00 bits per heavy atom. The standard InChI is InChI=1S/C29H48F2O/c1-4-7-8-10-25(6-3)32-27-20-19-26(28(30)29(27)31)24-17-15-23(16-18-24)22-13-11-21(9-5-2)12-14-22/h3,21-29H,4-5,7-20H2,1-2H3. The van der Waals surface area contributed by atoms with Crippen molar-refractivity contribution in [3.63, 3.8) is 0 Å². The maximum absolute atomic E-state index is 15.2. The van der Waals surface area contributed by atoms with Crippen LogP contribution in [0.2, 0.25) is 0 Å². The lowest BCUT2D eigenvalue weighted by atomic mass is 9.65. The van der Waals surface area contributed by atoms with Gasteiger partial charge in [-0.05, 0) is 93.8 Å². The molecule has 3 aliphatic carbocycles. The van der Waals surface area contributed by atoms with Crippen molar-refractivity contribution >= 4 is 0 Å². The zero-order valence-corrected chi connectivity index (χ0v) is 20.8. The van der Waals surface area contributed by atoms with Crippen LogP contribution in [0.5, 0.6) is 0 Å². The number of hydrogen-bond donors (Lipinski definition) is 0. The smallest absolute Gasteiger partial charge is 0.157 e. The predicted molar refractivity (Wildman–Crippen MR) is 130 cm³/mol. The third kappa shape index (κ3) is 6.94. The monoisotopic (exact) mass is 450 g/mol. The largest absolute Gasteiger partial charge is 0.359 e. The van der Waals surface area contributed by atoms with Crippen LogP contribution in [0.3, 0.4) is 0 Å². The lowest BCUT2D eigenvalue weighted by Gasteiger charge is -2.43. The molecule has 0 heterocycles. The number of terminal acetylenes is 1. The van der Waals surface area contributed by atoms with Crippen LogP contribution < -0.4 is 0 Å². The van der Waals surface area contributed by atoms with Crippen LogP contribution in [0.4, 0.5) is 8.78 Å². The molecule has 1 nitrogen and oxygen atoms in total. The summed E-state index contributed by atoms with van der Waals surface area (Å²) in [6.45, 7) is 4.44. The molecule has 0 aliphatic heterocycles. The van der Waals surface area contributed by atoms with Gasteiger partial charge in [0.15, 0.2) is 6.17 Å². The minimum Gasteiger partial charge on any atom is -0.359 e. The van der Waals surface area contributed by atoms with Gasteiger partial charge in [0.25, 0.3) is 0 Å². The topological polar surface area (TPSA) is 9.23 Å². The van der Waals surface area contributed by atoms with E-state index in [0.29, 0.717) is 12.3 Å². The average molecular weight is 451 g/mol. The molecule has 0 aromatic heterocycles. The van der Waals surface area contributed by atoms with Crippen LogP contribution >= 0.6 is 0 Å². The number of unbranched alkanes of at least 4 members (excludes halogenated alkanes) is 2. The van der Waals surface area contributed by atoms with E-state index in [1.54, 1.807) is 0 Å². The number of alkyl halides is 2. The molecule has 0 N–H and O–H groups in total. The van der Waals surface area contributed by atoms with Crippen LogP contribution in [-0.2, 0) is 4.74 Å². The molecule has 32 heavy (non-hydrogen) atoms. The van der Waals surface area contributed by atoms with Crippen LogP contribution in [0.25, 0.3) is 0 Å². The van der Waals surface area contributed by atoms with Crippen LogP contribution in [0.15, 0.2) is 0 Å². The molecule has 3 fully saturated rings. The lowest BCUT2D eigenvalue weighted by Crippen LogP contribution is -2.47. The van der Waals surface area contributed by atoms with E-state index in [-0.39, 0.29) is 12.0 Å². The van der Waals surface area contributed by atoms with Crippen LogP contribution in [-0.4, -0.2) is 24.6 Å². The fourth-order valence-electron chi connectivity index (χ4n) is 7.14. The first-order valence-corrected chi connectivity index (χ1v) is 14.0. The summed E-state index contributed by atoms with van der Waals surface area (Å²) in [6, 6.07) is 0. The van der Waals surface area contributed by atoms with Gasteiger partial charge in [0, 0.05) is 0 Å². The normalized spacial score (nSPS) is 39.3. The van der Waals surface area contributed by atoms with E-state index in [2.05, 4.69) is 19.8 Å². The number of rotatable bonds is 10. The molecule has 3 saturated carbocycles. The fraction of sp³-hybridized carbons (Fsp3) is 0.931. The Hall–Kier alpha value is -0.620. The van der Waals surface area contributed by atoms with E-state index < -0.39 is 18.4 Å². The van der Waals surface area contributed by atoms with Crippen molar-refractivity contribution in [3.05, 3.63) is 0 Å². The van der Waals surface area contributed by atoms with Crippen molar-refractivity contribution in [3.8, 4) is 12.3 Å². The maximum atomic E-state index is 15.2. The van der Waals surface area contributed by atoms with Crippen molar-refractivity contribution in [1.82, 2.24) is 0 Å². The number of ether oxygens (including phenoxy) is 1. The SMILES string of the molecule is C#CC(CCCCC)OC1CCC(C2CCC(C3CCC(CCC)CC3)CC2)C(F)C1F. The Morgan fingerprint density at radius 2 is 1.41 bits per heavy atom. The predicted octanol–water partition coefficient (Wildman–Crippen LogP) is 8.45. The quantitative estimate of drug-likeness (QED) is 0.240. The molecule has 0 bridgehead atoms. The average Bonchev–Trinajstić information content (AvgIpc) is 2.82. The van der Waals surface area contributed by atoms with Gasteiger partial charge in [-0.15, -0.1) is 6.42 Å². The molecule has 3 rings (SSSR count). The zero-order valence-electron chi connectivity index (χ0n) is 20.8. The van der Waals surface area contributed by atoms with Gasteiger partial charge in [0.05, 0.1) is 6.10 Å². The summed E-state index contributed by atoms with van der Waals surface area (Å²) in [5, 5.41) is 0. The van der Waals surface area contributed by atoms with Crippen molar-refractivity contribution in [1.29, 1.82) is 0 Å². The minimum atomic E-state index is -1.53. The summed E-state index contributed by atoms with van der Waals surface area (Å²) >= 11 is 0. The molecule has 3 aliphatic rings. The van der Waals surface area contributed by atoms with Gasteiger partial charge < -0.3 is 4.74 Å². The van der Waals surface area contributed by atoms with Gasteiger partial charge in [0.2, 0.25) is 0 Å². The number of halogens is 2. The summed E-state index contributed by atoms with van der Waals surface area (Å²) in [7, 11) is 0. The zero-order chi connectivity index (χ0) is 22.9. The van der Waals surface area contributed by atoms with Gasteiger partial charge in [0.1, 0.15) is 12.3 Å². The first-order valence-electron chi connectivity index (χ1n) is 14.0. The van der Waals surface area contributed by atoms with E-state index in [0.717, 1.165) is 62.7 Å². The lowest BCUT2D eigenvalue weighted by molar-refractivity contribution is -0.103. The molecule has 0 saturated heterocycles. The summed E-state index contributed by atoms with van der Waals surface area (Å²) in [5.74, 6) is 5.54. The van der Waals surface area contributed by atoms with E-state index >= 15 is 8.78 Å². The summed E-state index contributed by atoms with van der Waals surface area (Å²) < 4.78 is 36.1. The van der Waals surface area contributed by atoms with Gasteiger partial charge in [-0.25, -0.2) is 8.78 Å². The minimum absolute atomic E-state index is 0.129. The molecule has 0 aromatic rings. The summed E-state index contributed by atoms with van der Waals surface area (Å²) in [4.78, 5) is 0. The molecular weight excluding hydrogens is 402 g/mol. The Balaban J connectivity index is 1.42. The van der Waals surface area contributed by atoms with Crippen molar-refractivity contribution in [2.45, 2.75) is 141 Å². The first-order chi connectivity index (χ1) is 15.6. The van der Waals surface area contributed by atoms with Crippen molar-refractivity contribution in [2.24, 2.45) is 29.6 Å². The van der Waals surface area contributed by atoms with Crippen LogP contribution in [0, 0.1) is 41.9 Å². The summed E-state index contributed by atoms with van der Waals surface area (Å²) in [5.41, 5.74) is 0. The van der Waals surface area contributed by atoms with Gasteiger partial charge >= 0.3 is 0 Å². The highest BCUT2D eigenvalue weighted by molar-refractivity contribution is 4.98. The Bertz CT molecular complexity index is 556. The number of hydrogen-bond acceptors (Lipinski definition) is 1. The van der Waals surface area contributed by atoms with E-state index in [9.17, 15) is 0 Å². The molecule has 0 amide bonds. The highest BCUT2D eigenvalue weighted by Gasteiger charge is 2.45. The van der Waals surface area contributed by atoms with Gasteiger partial charge in [-0.2, -0.15) is 0 Å². The Morgan fingerprint density at radius 1 is 0.781 bits per heavy atom. The highest BCUT2D eigenvalue weighted by Crippen LogP contribution is 2.47. The second-order valence-corrected chi connectivity index (χ2v) is 11.2. The van der Waals surface area contributed by atoms with Crippen molar-refractivity contribution < 1.29 is 13.5 Å². The second-order valence-electron chi connectivity index (χ2n) is 11.2. The van der Waals surface area contributed by atoms with Gasteiger partial charge in [-0.3, -0.25) is 0 Å². The van der Waals surface area contributed by atoms with Gasteiger partial charge in [-0.1, -0.05) is 58.3 Å². The van der Waals surface area contributed by atoms with E-state index in [1.807, 2.05) is 0 Å². The molecule has 3 heteroatoms. The second kappa shape index (κ2) is 13.3. The highest BCUT2D eigenvalue weighted by atomic mass is 19.2. The molecule has 5 unspecified atom stereocenters. The molecular formula is C29H48F2O. The fourth-order valence-corrected chi connectivity index (χ4v) is 7.14. The van der Waals surface area contributed by atoms with Crippen molar-refractivity contribution in [2.75, 3.05) is 0 Å². The molecule has 0 spiro atoms. The first kappa shape index (κ1) is 26.0. The Labute approximate surface area is 196 Å². The maximum Gasteiger partial charge on any atom is 0.157 e. The van der Waals surface area contributed by atoms with E-state index in [4.69, 9.17) is 11.2 Å². The van der Waals surface area contributed by atoms with Crippen LogP contribution in [0.1, 0.15) is 117 Å². The third-order valence-electron chi connectivity index (χ3n) is 9.12. The summed E-state index contributed by atoms with van der Waals surface area (Å²) in [6.07, 6.45) is 19.9. The molecule has 184 valence electrons. The van der Waals surface area contributed by atoms with E-state index in [1.165, 1.54) is 51.4 Å². The molecule has 5 atom stereocenters. The Kier molecular flexibility index (Phi) is 10.8. The third-order valence-corrected chi connectivity index (χ3v) is 9.12. The molecule has 0 radical (unpaired) electrons.